The summed E-state index contributed by atoms with van der Waals surface area (Å²) in [4.78, 5) is 4.98. The highest BCUT2D eigenvalue weighted by Crippen LogP contribution is 2.24. The zero-order valence-corrected chi connectivity index (χ0v) is 26.1. The van der Waals surface area contributed by atoms with Gasteiger partial charge in [0.2, 0.25) is 0 Å². The Hall–Kier alpha value is -1.30. The summed E-state index contributed by atoms with van der Waals surface area (Å²) in [6.07, 6.45) is 20.5. The third-order valence-corrected chi connectivity index (χ3v) is 8.11. The van der Waals surface area contributed by atoms with Crippen LogP contribution in [0.5, 0.6) is 11.5 Å². The van der Waals surface area contributed by atoms with Crippen LogP contribution in [0.3, 0.4) is 0 Å². The molecule has 0 fully saturated rings. The smallest absolute Gasteiger partial charge is 0.154 e. The molecule has 2 bridgehead atoms. The molecular weight excluding hydrogens is 484 g/mol. The molecule has 0 aromatic heterocycles. The fraction of sp³-hybridized carbons (Fsp3) is 0.824. The average Bonchev–Trinajstić information content (AvgIpc) is 2.98. The van der Waals surface area contributed by atoms with Crippen molar-refractivity contribution in [1.82, 2.24) is 9.80 Å². The molecule has 0 radical (unpaired) electrons. The first-order valence-electron chi connectivity index (χ1n) is 16.7. The van der Waals surface area contributed by atoms with Crippen molar-refractivity contribution in [3.05, 3.63) is 24.3 Å². The topological polar surface area (TPSA) is 34.2 Å². The molecule has 0 saturated carbocycles. The van der Waals surface area contributed by atoms with Gasteiger partial charge in [0, 0.05) is 25.9 Å². The second-order valence-electron chi connectivity index (χ2n) is 11.3. The van der Waals surface area contributed by atoms with E-state index in [1.54, 1.807) is 0 Å². The van der Waals surface area contributed by atoms with Gasteiger partial charge in [-0.1, -0.05) is 105 Å². The number of hydrogen-bond donors (Lipinski definition) is 0. The van der Waals surface area contributed by atoms with E-state index in [1.165, 1.54) is 89.9 Å². The number of hydrogen-bond acceptors (Lipinski definition) is 5. The van der Waals surface area contributed by atoms with Crippen molar-refractivity contribution in [2.75, 3.05) is 39.4 Å². The van der Waals surface area contributed by atoms with Gasteiger partial charge in [-0.3, -0.25) is 9.80 Å². The third-order valence-electron chi connectivity index (χ3n) is 8.11. The minimum atomic E-state index is 0.0443. The Morgan fingerprint density at radius 2 is 0.897 bits per heavy atom. The molecule has 0 aliphatic carbocycles. The van der Waals surface area contributed by atoms with Crippen molar-refractivity contribution in [1.29, 1.82) is 0 Å². The molecule has 0 saturated heterocycles. The van der Waals surface area contributed by atoms with E-state index in [1.807, 2.05) is 0 Å². The van der Waals surface area contributed by atoms with Gasteiger partial charge in [-0.15, -0.1) is 0 Å². The van der Waals surface area contributed by atoms with Crippen LogP contribution in [0.1, 0.15) is 130 Å². The van der Waals surface area contributed by atoms with Gasteiger partial charge in [-0.25, -0.2) is 0 Å². The molecule has 226 valence electrons. The van der Waals surface area contributed by atoms with Gasteiger partial charge in [-0.05, 0) is 50.2 Å². The summed E-state index contributed by atoms with van der Waals surface area (Å²) < 4.78 is 19.2. The maximum atomic E-state index is 6.52. The van der Waals surface area contributed by atoms with Gasteiger partial charge < -0.3 is 14.2 Å². The normalized spacial score (nSPS) is 18.4. The summed E-state index contributed by atoms with van der Waals surface area (Å²) in [5.41, 5.74) is 0. The van der Waals surface area contributed by atoms with Gasteiger partial charge in [0.25, 0.3) is 0 Å². The zero-order valence-electron chi connectivity index (χ0n) is 26.1. The summed E-state index contributed by atoms with van der Waals surface area (Å²) in [5, 5.41) is 0. The van der Waals surface area contributed by atoms with Crippen LogP contribution in [0, 0.1) is 0 Å². The predicted molar refractivity (Wildman–Crippen MR) is 166 cm³/mol. The lowest BCUT2D eigenvalue weighted by atomic mass is 10.1. The Labute approximate surface area is 242 Å². The Morgan fingerprint density at radius 3 is 1.26 bits per heavy atom. The summed E-state index contributed by atoms with van der Waals surface area (Å²) in [7, 11) is 0. The average molecular weight is 547 g/mol. The van der Waals surface area contributed by atoms with Crippen molar-refractivity contribution in [3.63, 3.8) is 0 Å². The van der Waals surface area contributed by atoms with E-state index >= 15 is 0 Å². The molecule has 5 nitrogen and oxygen atoms in total. The number of unbranched alkanes of at least 4 members (excludes halogenated alkanes) is 12. The van der Waals surface area contributed by atoms with E-state index < -0.39 is 0 Å². The van der Waals surface area contributed by atoms with Crippen molar-refractivity contribution in [2.24, 2.45) is 0 Å². The van der Waals surface area contributed by atoms with E-state index in [0.717, 1.165) is 50.5 Å². The number of benzene rings is 1. The maximum Gasteiger partial charge on any atom is 0.154 e. The lowest BCUT2D eigenvalue weighted by Gasteiger charge is -2.31. The lowest BCUT2D eigenvalue weighted by Crippen LogP contribution is -2.41. The van der Waals surface area contributed by atoms with Gasteiger partial charge >= 0.3 is 0 Å². The van der Waals surface area contributed by atoms with E-state index in [4.69, 9.17) is 14.2 Å². The van der Waals surface area contributed by atoms with Crippen LogP contribution in [0.2, 0.25) is 0 Å². The van der Waals surface area contributed by atoms with Gasteiger partial charge in [0.15, 0.2) is 12.5 Å². The van der Waals surface area contributed by atoms with Crippen molar-refractivity contribution in [2.45, 2.75) is 143 Å². The quantitative estimate of drug-likeness (QED) is 0.152. The van der Waals surface area contributed by atoms with Crippen LogP contribution in [0.15, 0.2) is 24.3 Å². The fourth-order valence-electron chi connectivity index (χ4n) is 5.57. The van der Waals surface area contributed by atoms with Gasteiger partial charge in [0.05, 0.1) is 13.2 Å². The molecule has 2 aliphatic rings. The van der Waals surface area contributed by atoms with Gasteiger partial charge in [0.1, 0.15) is 11.5 Å². The first-order valence-corrected chi connectivity index (χ1v) is 16.7. The van der Waals surface area contributed by atoms with E-state index in [2.05, 4.69) is 61.8 Å². The molecule has 0 N–H and O–H groups in total. The number of nitrogens with zero attached hydrogens (tertiary/aromatic N) is 2. The lowest BCUT2D eigenvalue weighted by molar-refractivity contribution is -0.0203. The molecule has 0 amide bonds. The SMILES string of the molecule is CCCCCCCCCN(CC)C1CCOCCC(N(CC)CCCCCCCCC)Oc2ccc(cc2)O1. The van der Waals surface area contributed by atoms with Crippen LogP contribution >= 0.6 is 0 Å². The number of fused-ring (bicyclic) bond motifs is 10. The highest BCUT2D eigenvalue weighted by Gasteiger charge is 2.22. The standard InChI is InChI=1S/C34H62N2O3/c1-5-9-11-13-15-17-19-27-35(7-3)33-25-29-37-30-26-34(39-32-23-21-31(38-33)22-24-32)36(8-4)28-20-18-16-14-12-10-6-2/h21-24,33-34H,5-20,25-30H2,1-4H3. The molecule has 39 heavy (non-hydrogen) atoms. The summed E-state index contributed by atoms with van der Waals surface area (Å²) in [5.74, 6) is 1.83. The van der Waals surface area contributed by atoms with Crippen LogP contribution in [-0.2, 0) is 4.74 Å². The van der Waals surface area contributed by atoms with E-state index in [9.17, 15) is 0 Å². The molecule has 0 spiro atoms. The Kier molecular flexibility index (Phi) is 19.5. The molecule has 2 unspecified atom stereocenters. The predicted octanol–water partition coefficient (Wildman–Crippen LogP) is 9.05. The molecule has 2 atom stereocenters. The minimum Gasteiger partial charge on any atom is -0.475 e. The van der Waals surface area contributed by atoms with Crippen LogP contribution < -0.4 is 9.47 Å². The number of ether oxygens (including phenoxy) is 3. The second kappa shape index (κ2) is 22.4. The molecular formula is C34H62N2O3. The molecule has 5 heteroatoms. The van der Waals surface area contributed by atoms with Crippen LogP contribution in [0.25, 0.3) is 0 Å². The first-order chi connectivity index (χ1) is 19.2. The molecule has 3 rings (SSSR count). The van der Waals surface area contributed by atoms with Crippen LogP contribution in [0.4, 0.5) is 0 Å². The van der Waals surface area contributed by atoms with E-state index in [0.29, 0.717) is 13.2 Å². The van der Waals surface area contributed by atoms with Gasteiger partial charge in [-0.2, -0.15) is 0 Å². The largest absolute Gasteiger partial charge is 0.475 e. The Morgan fingerprint density at radius 1 is 0.538 bits per heavy atom. The monoisotopic (exact) mass is 546 g/mol. The fourth-order valence-corrected chi connectivity index (χ4v) is 5.57. The molecule has 1 aromatic rings. The first kappa shape index (κ1) is 33.9. The summed E-state index contributed by atoms with van der Waals surface area (Å²) in [6.45, 7) is 14.6. The highest BCUT2D eigenvalue weighted by molar-refractivity contribution is 5.31. The van der Waals surface area contributed by atoms with Crippen LogP contribution in [-0.4, -0.2) is 61.6 Å². The second-order valence-corrected chi connectivity index (χ2v) is 11.3. The van der Waals surface area contributed by atoms with E-state index in [-0.39, 0.29) is 12.5 Å². The van der Waals surface area contributed by atoms with Crippen molar-refractivity contribution < 1.29 is 14.2 Å². The Balaban J connectivity index is 1.88. The minimum absolute atomic E-state index is 0.0443. The summed E-state index contributed by atoms with van der Waals surface area (Å²) in [6, 6.07) is 8.30. The van der Waals surface area contributed by atoms with Crippen molar-refractivity contribution in [3.8, 4) is 11.5 Å². The highest BCUT2D eigenvalue weighted by atomic mass is 16.5. The summed E-state index contributed by atoms with van der Waals surface area (Å²) >= 11 is 0. The Bertz CT molecular complexity index is 627. The number of rotatable bonds is 20. The molecule has 2 aliphatic heterocycles. The van der Waals surface area contributed by atoms with Crippen molar-refractivity contribution >= 4 is 0 Å². The maximum absolute atomic E-state index is 6.52. The zero-order chi connectivity index (χ0) is 28.0. The molecule has 1 aromatic carbocycles. The molecule has 2 heterocycles. The third kappa shape index (κ3) is 14.8.